The molecule has 0 aliphatic heterocycles. The third-order valence-corrected chi connectivity index (χ3v) is 8.11. The van der Waals surface area contributed by atoms with E-state index >= 15 is 0 Å². The van der Waals surface area contributed by atoms with Crippen molar-refractivity contribution in [3.8, 4) is 0 Å². The third-order valence-electron chi connectivity index (χ3n) is 4.45. The molecule has 0 aliphatic carbocycles. The summed E-state index contributed by atoms with van der Waals surface area (Å²) in [4.78, 5) is 2.54. The fourth-order valence-electron chi connectivity index (χ4n) is 3.93. The number of methoxy groups -OCH3 is 1. The summed E-state index contributed by atoms with van der Waals surface area (Å²) in [5.74, 6) is 0.0876. The summed E-state index contributed by atoms with van der Waals surface area (Å²) in [6.45, 7) is 27.6. The number of ether oxygens (including phenoxy) is 1. The highest BCUT2D eigenvalue weighted by Gasteiger charge is 2.42. The summed E-state index contributed by atoms with van der Waals surface area (Å²) in [5, 5.41) is 0. The molecular weight excluding hydrogens is 329 g/mol. The Hall–Kier alpha value is 0.270. The van der Waals surface area contributed by atoms with Gasteiger partial charge in [0.2, 0.25) is 0 Å². The molecule has 1 unspecified atom stereocenters. The van der Waals surface area contributed by atoms with Crippen LogP contribution in [0, 0.1) is 0 Å². The number of hydrogen-bond donors (Lipinski definition) is 0. The highest BCUT2D eigenvalue weighted by atomic mass is 31.1. The van der Waals surface area contributed by atoms with Crippen molar-refractivity contribution in [1.82, 2.24) is 14.2 Å². The maximum absolute atomic E-state index is 6.23. The van der Waals surface area contributed by atoms with Crippen LogP contribution in [-0.2, 0) is 4.74 Å². The van der Waals surface area contributed by atoms with Gasteiger partial charge in [0.1, 0.15) is 0 Å². The highest BCUT2D eigenvalue weighted by molar-refractivity contribution is 7.53. The quantitative estimate of drug-likeness (QED) is 0.346. The van der Waals surface area contributed by atoms with Crippen LogP contribution < -0.4 is 0 Å². The van der Waals surface area contributed by atoms with Crippen molar-refractivity contribution in [2.75, 3.05) is 7.11 Å². The Morgan fingerprint density at radius 1 is 0.520 bits per heavy atom. The average Bonchev–Trinajstić information content (AvgIpc) is 2.40. The molecule has 4 nitrogen and oxygen atoms in total. The van der Waals surface area contributed by atoms with E-state index < -0.39 is 8.22 Å². The summed E-state index contributed by atoms with van der Waals surface area (Å²) in [6, 6.07) is 2.79. The summed E-state index contributed by atoms with van der Waals surface area (Å²) in [6.07, 6.45) is 0. The van der Waals surface area contributed by atoms with E-state index in [4.69, 9.17) is 4.74 Å². The van der Waals surface area contributed by atoms with Crippen molar-refractivity contribution < 1.29 is 4.74 Å². The Labute approximate surface area is 160 Å². The second-order valence-electron chi connectivity index (χ2n) is 8.65. The molecule has 0 rings (SSSR count). The lowest BCUT2D eigenvalue weighted by Gasteiger charge is -2.53. The number of hydrogen-bond acceptors (Lipinski definition) is 4. The van der Waals surface area contributed by atoms with E-state index in [9.17, 15) is 0 Å². The maximum atomic E-state index is 6.23. The molecule has 0 aliphatic rings. The maximum Gasteiger partial charge on any atom is 0.158 e. The minimum atomic E-state index is -0.643. The molecule has 0 aromatic heterocycles. The third kappa shape index (κ3) is 6.74. The average molecular weight is 376 g/mol. The summed E-state index contributed by atoms with van der Waals surface area (Å²) in [7, 11) is 1.24. The van der Waals surface area contributed by atoms with Crippen molar-refractivity contribution in [2.24, 2.45) is 0 Å². The zero-order valence-electron chi connectivity index (χ0n) is 19.2. The van der Waals surface area contributed by atoms with E-state index in [1.165, 1.54) is 0 Å². The van der Waals surface area contributed by atoms with Gasteiger partial charge in [0.05, 0.1) is 8.22 Å². The predicted octanol–water partition coefficient (Wildman–Crippen LogP) is 5.58. The standard InChI is InChI=1S/C20H46N3OP/c1-14(2)21(15(3)4)20(24-13)25(22(16(5)6)17(7)8)23(18(9)10)19(11)12/h14-20H,1-13H3. The monoisotopic (exact) mass is 375 g/mol. The van der Waals surface area contributed by atoms with E-state index in [0.29, 0.717) is 36.3 Å². The molecule has 0 N–H and O–H groups in total. The van der Waals surface area contributed by atoms with Crippen molar-refractivity contribution in [1.29, 1.82) is 0 Å². The SMILES string of the molecule is COC(N(C(C)C)C(C)C)P(N(C(C)C)C(C)C)N(C(C)C)C(C)C. The molecule has 1 atom stereocenters. The van der Waals surface area contributed by atoms with E-state index in [1.54, 1.807) is 0 Å². The van der Waals surface area contributed by atoms with Gasteiger partial charge in [-0.3, -0.25) is 14.2 Å². The number of nitrogens with zero attached hydrogens (tertiary/aromatic N) is 3. The Balaban J connectivity index is 6.31. The second kappa shape index (κ2) is 11.2. The lowest BCUT2D eigenvalue weighted by Crippen LogP contribution is -2.53. The van der Waals surface area contributed by atoms with Gasteiger partial charge >= 0.3 is 0 Å². The van der Waals surface area contributed by atoms with E-state index in [2.05, 4.69) is 97.3 Å². The Morgan fingerprint density at radius 2 is 0.800 bits per heavy atom. The van der Waals surface area contributed by atoms with Gasteiger partial charge in [0.15, 0.2) is 5.97 Å². The molecule has 0 aromatic carbocycles. The molecule has 0 saturated carbocycles. The molecule has 25 heavy (non-hydrogen) atoms. The predicted molar refractivity (Wildman–Crippen MR) is 114 cm³/mol. The van der Waals surface area contributed by atoms with Gasteiger partial charge in [-0.05, 0) is 83.1 Å². The molecule has 0 saturated heterocycles. The molecule has 0 fully saturated rings. The molecule has 0 spiro atoms. The topological polar surface area (TPSA) is 19.0 Å². The van der Waals surface area contributed by atoms with Gasteiger partial charge in [0, 0.05) is 43.4 Å². The minimum Gasteiger partial charge on any atom is -0.360 e. The molecule has 5 heteroatoms. The minimum absolute atomic E-state index is 0.0876. The van der Waals surface area contributed by atoms with Gasteiger partial charge in [0.25, 0.3) is 0 Å². The van der Waals surface area contributed by atoms with Gasteiger partial charge in [-0.15, -0.1) is 0 Å². The van der Waals surface area contributed by atoms with Crippen molar-refractivity contribution >= 4 is 8.22 Å². The van der Waals surface area contributed by atoms with Crippen molar-refractivity contribution in [2.45, 2.75) is 125 Å². The first-order valence-electron chi connectivity index (χ1n) is 10.0. The number of rotatable bonds is 11. The summed E-state index contributed by atoms with van der Waals surface area (Å²) < 4.78 is 11.6. The van der Waals surface area contributed by atoms with Gasteiger partial charge in [-0.2, -0.15) is 0 Å². The zero-order valence-corrected chi connectivity index (χ0v) is 20.1. The molecule has 0 bridgehead atoms. The molecule has 0 radical (unpaired) electrons. The molecule has 0 aromatic rings. The molecular formula is C20H46N3OP. The van der Waals surface area contributed by atoms with Crippen LogP contribution in [0.15, 0.2) is 0 Å². The van der Waals surface area contributed by atoms with Crippen LogP contribution in [0.4, 0.5) is 0 Å². The fourth-order valence-corrected chi connectivity index (χ4v) is 7.48. The first-order chi connectivity index (χ1) is 11.4. The van der Waals surface area contributed by atoms with E-state index in [1.807, 2.05) is 7.11 Å². The Kier molecular flexibility index (Phi) is 11.3. The van der Waals surface area contributed by atoms with Crippen LogP contribution in [0.5, 0.6) is 0 Å². The van der Waals surface area contributed by atoms with Crippen LogP contribution in [0.3, 0.4) is 0 Å². The van der Waals surface area contributed by atoms with Crippen LogP contribution >= 0.6 is 8.22 Å². The van der Waals surface area contributed by atoms with Gasteiger partial charge < -0.3 is 4.74 Å². The molecule has 0 heterocycles. The summed E-state index contributed by atoms with van der Waals surface area (Å²) in [5.41, 5.74) is 0. The van der Waals surface area contributed by atoms with Crippen LogP contribution in [-0.4, -0.2) is 63.6 Å². The first-order valence-corrected chi connectivity index (χ1v) is 11.4. The lowest BCUT2D eigenvalue weighted by molar-refractivity contribution is -0.0199. The Bertz CT molecular complexity index is 315. The van der Waals surface area contributed by atoms with Gasteiger partial charge in [-0.1, -0.05) is 0 Å². The van der Waals surface area contributed by atoms with Gasteiger partial charge in [-0.25, -0.2) is 0 Å². The van der Waals surface area contributed by atoms with Crippen molar-refractivity contribution in [3.63, 3.8) is 0 Å². The normalized spacial score (nSPS) is 15.0. The van der Waals surface area contributed by atoms with Crippen molar-refractivity contribution in [3.05, 3.63) is 0 Å². The molecule has 152 valence electrons. The summed E-state index contributed by atoms with van der Waals surface area (Å²) >= 11 is 0. The Morgan fingerprint density at radius 3 is 0.960 bits per heavy atom. The lowest BCUT2D eigenvalue weighted by atomic mass is 10.2. The first kappa shape index (κ1) is 25.3. The molecule has 0 amide bonds. The van der Waals surface area contributed by atoms with Crippen LogP contribution in [0.2, 0.25) is 0 Å². The van der Waals surface area contributed by atoms with E-state index in [0.717, 1.165) is 0 Å². The largest absolute Gasteiger partial charge is 0.360 e. The van der Waals surface area contributed by atoms with Crippen LogP contribution in [0.1, 0.15) is 83.1 Å². The highest BCUT2D eigenvalue weighted by Crippen LogP contribution is 2.55. The zero-order chi connectivity index (χ0) is 20.1. The van der Waals surface area contributed by atoms with E-state index in [-0.39, 0.29) is 5.97 Å². The smallest absolute Gasteiger partial charge is 0.158 e. The second-order valence-corrected chi connectivity index (χ2v) is 10.7. The van der Waals surface area contributed by atoms with Crippen LogP contribution in [0.25, 0.3) is 0 Å². The fraction of sp³-hybridized carbons (Fsp3) is 1.00.